The number of nitrogen functional groups attached to an aromatic ring is 2. The van der Waals surface area contributed by atoms with E-state index in [4.69, 9.17) is 16.2 Å². The van der Waals surface area contributed by atoms with Crippen molar-refractivity contribution in [2.24, 2.45) is 0 Å². The number of hydrogen-bond donors (Lipinski definition) is 3. The Morgan fingerprint density at radius 1 is 0.912 bits per heavy atom. The van der Waals surface area contributed by atoms with E-state index in [0.717, 1.165) is 12.3 Å². The van der Waals surface area contributed by atoms with Gasteiger partial charge in [0.15, 0.2) is 0 Å². The molecular formula is C23H16F3N7O. The zero-order valence-corrected chi connectivity index (χ0v) is 17.3. The summed E-state index contributed by atoms with van der Waals surface area (Å²) < 4.78 is 44.0. The monoisotopic (exact) mass is 463 g/mol. The van der Waals surface area contributed by atoms with Gasteiger partial charge in [-0.25, -0.2) is 4.98 Å². The maximum absolute atomic E-state index is 12.8. The molecule has 4 aromatic rings. The topological polar surface area (TPSA) is 136 Å². The molecule has 0 amide bonds. The molecule has 0 fully saturated rings. The molecule has 0 atom stereocenters. The lowest BCUT2D eigenvalue weighted by molar-refractivity contribution is -0.141. The van der Waals surface area contributed by atoms with E-state index in [-0.39, 0.29) is 11.7 Å². The molecule has 5 N–H and O–H groups in total. The Morgan fingerprint density at radius 2 is 1.68 bits per heavy atom. The summed E-state index contributed by atoms with van der Waals surface area (Å²) in [5.41, 5.74) is 13.0. The molecular weight excluding hydrogens is 447 g/mol. The number of halogens is 3. The summed E-state index contributed by atoms with van der Waals surface area (Å²) >= 11 is 0. The minimum Gasteiger partial charge on any atom is -0.457 e. The van der Waals surface area contributed by atoms with Crippen LogP contribution in [-0.2, 0) is 6.18 Å². The summed E-state index contributed by atoms with van der Waals surface area (Å²) in [4.78, 5) is 11.7. The van der Waals surface area contributed by atoms with Crippen molar-refractivity contribution in [2.75, 3.05) is 16.8 Å². The first-order valence-electron chi connectivity index (χ1n) is 9.74. The van der Waals surface area contributed by atoms with Crippen LogP contribution in [0.25, 0.3) is 11.3 Å². The van der Waals surface area contributed by atoms with Crippen LogP contribution in [0.2, 0.25) is 0 Å². The van der Waals surface area contributed by atoms with Gasteiger partial charge in [0.2, 0.25) is 5.95 Å². The van der Waals surface area contributed by atoms with Crippen LogP contribution in [0.15, 0.2) is 66.9 Å². The van der Waals surface area contributed by atoms with Crippen molar-refractivity contribution in [1.82, 2.24) is 15.0 Å². The van der Waals surface area contributed by atoms with Crippen LogP contribution in [0.5, 0.6) is 11.5 Å². The smallest absolute Gasteiger partial charge is 0.433 e. The Labute approximate surface area is 191 Å². The molecule has 4 rings (SSSR count). The third kappa shape index (κ3) is 5.13. The van der Waals surface area contributed by atoms with Gasteiger partial charge >= 0.3 is 6.18 Å². The maximum atomic E-state index is 12.8. The molecule has 0 aliphatic heterocycles. The van der Waals surface area contributed by atoms with Crippen molar-refractivity contribution in [2.45, 2.75) is 6.18 Å². The second-order valence-corrected chi connectivity index (χ2v) is 7.04. The number of rotatable bonds is 5. The fraction of sp³-hybridized carbons (Fsp3) is 0.0435. The third-order valence-corrected chi connectivity index (χ3v) is 4.60. The lowest BCUT2D eigenvalue weighted by atomic mass is 10.1. The Bertz CT molecular complexity index is 1380. The predicted molar refractivity (Wildman–Crippen MR) is 120 cm³/mol. The highest BCUT2D eigenvalue weighted by Crippen LogP contribution is 2.32. The average Bonchev–Trinajstić information content (AvgIpc) is 2.80. The molecule has 0 bridgehead atoms. The maximum Gasteiger partial charge on any atom is 0.433 e. The summed E-state index contributed by atoms with van der Waals surface area (Å²) in [5.74, 6) is 0.763. The Kier molecular flexibility index (Phi) is 5.88. The van der Waals surface area contributed by atoms with Gasteiger partial charge in [-0.3, -0.25) is 4.98 Å². The molecule has 8 nitrogen and oxygen atoms in total. The first kappa shape index (κ1) is 22.3. The normalized spacial score (nSPS) is 11.0. The van der Waals surface area contributed by atoms with E-state index >= 15 is 0 Å². The van der Waals surface area contributed by atoms with Crippen LogP contribution >= 0.6 is 0 Å². The fourth-order valence-corrected chi connectivity index (χ4v) is 3.01. The number of hydrogen-bond acceptors (Lipinski definition) is 8. The van der Waals surface area contributed by atoms with Gasteiger partial charge in [-0.15, -0.1) is 0 Å². The Morgan fingerprint density at radius 3 is 2.38 bits per heavy atom. The van der Waals surface area contributed by atoms with E-state index in [0.29, 0.717) is 39.8 Å². The second kappa shape index (κ2) is 8.95. The quantitative estimate of drug-likeness (QED) is 0.347. The van der Waals surface area contributed by atoms with Crippen LogP contribution in [-0.4, -0.2) is 15.0 Å². The van der Waals surface area contributed by atoms with Crippen molar-refractivity contribution in [3.63, 3.8) is 0 Å². The average molecular weight is 463 g/mol. The molecule has 2 heterocycles. The number of anilines is 4. The number of nitrogens with one attached hydrogen (secondary N) is 1. The summed E-state index contributed by atoms with van der Waals surface area (Å²) in [7, 11) is 0. The van der Waals surface area contributed by atoms with Crippen molar-refractivity contribution < 1.29 is 17.9 Å². The second-order valence-electron chi connectivity index (χ2n) is 7.04. The van der Waals surface area contributed by atoms with Crippen molar-refractivity contribution >= 4 is 23.1 Å². The Hall–Kier alpha value is -4.85. The van der Waals surface area contributed by atoms with Crippen molar-refractivity contribution in [1.29, 1.82) is 5.26 Å². The number of aromatic nitrogens is 3. The lowest BCUT2D eigenvalue weighted by Crippen LogP contribution is -2.07. The van der Waals surface area contributed by atoms with Gasteiger partial charge in [0.25, 0.3) is 0 Å². The number of nitrogens with zero attached hydrogens (tertiary/aromatic N) is 4. The zero-order valence-electron chi connectivity index (χ0n) is 17.3. The van der Waals surface area contributed by atoms with Crippen LogP contribution in [0.3, 0.4) is 0 Å². The minimum absolute atomic E-state index is 0.0106. The first-order valence-corrected chi connectivity index (χ1v) is 9.74. The van der Waals surface area contributed by atoms with E-state index in [9.17, 15) is 18.4 Å². The largest absolute Gasteiger partial charge is 0.457 e. The van der Waals surface area contributed by atoms with E-state index in [1.54, 1.807) is 48.5 Å². The van der Waals surface area contributed by atoms with Gasteiger partial charge in [0.1, 0.15) is 29.1 Å². The number of benzene rings is 2. The van der Waals surface area contributed by atoms with E-state index in [1.165, 1.54) is 6.07 Å². The molecule has 0 aliphatic rings. The van der Waals surface area contributed by atoms with Gasteiger partial charge < -0.3 is 21.5 Å². The molecule has 0 radical (unpaired) electrons. The summed E-state index contributed by atoms with van der Waals surface area (Å²) in [6, 6.07) is 17.3. The number of nitriles is 1. The van der Waals surface area contributed by atoms with Crippen LogP contribution < -0.4 is 21.5 Å². The first-order chi connectivity index (χ1) is 16.2. The van der Waals surface area contributed by atoms with Gasteiger partial charge in [-0.2, -0.15) is 23.4 Å². The SMILES string of the molecule is N#Cc1cc(-c2cc(Nc3ccc(Oc4ccnc(C(F)(F)F)c4)cc3)nc(N)n2)ccc1N. The molecule has 0 saturated carbocycles. The van der Waals surface area contributed by atoms with Crippen molar-refractivity contribution in [3.05, 3.63) is 78.1 Å². The number of ether oxygens (including phenoxy) is 1. The molecule has 11 heteroatoms. The lowest BCUT2D eigenvalue weighted by Gasteiger charge is -2.11. The molecule has 2 aromatic heterocycles. The summed E-state index contributed by atoms with van der Waals surface area (Å²) in [6.07, 6.45) is -3.53. The standard InChI is InChI=1S/C23H16F3N7O/c24-23(25,26)20-10-17(7-8-30-20)34-16-4-2-15(3-5-16)31-21-11-19(32-22(29)33-21)13-1-6-18(28)14(9-13)12-27/h1-11H,28H2,(H3,29,31,32,33). The highest BCUT2D eigenvalue weighted by molar-refractivity contribution is 5.71. The van der Waals surface area contributed by atoms with Gasteiger partial charge in [0, 0.05) is 35.3 Å². The molecule has 0 aliphatic carbocycles. The number of alkyl halides is 3. The van der Waals surface area contributed by atoms with E-state index in [1.807, 2.05) is 6.07 Å². The molecule has 0 spiro atoms. The van der Waals surface area contributed by atoms with Crippen LogP contribution in [0, 0.1) is 11.3 Å². The molecule has 0 unspecified atom stereocenters. The zero-order chi connectivity index (χ0) is 24.3. The fourth-order valence-electron chi connectivity index (χ4n) is 3.01. The van der Waals surface area contributed by atoms with Crippen LogP contribution in [0.4, 0.5) is 36.3 Å². The van der Waals surface area contributed by atoms with Gasteiger partial charge in [-0.1, -0.05) is 6.07 Å². The van der Waals surface area contributed by atoms with Crippen LogP contribution in [0.1, 0.15) is 11.3 Å². The highest BCUT2D eigenvalue weighted by atomic mass is 19.4. The molecule has 34 heavy (non-hydrogen) atoms. The molecule has 2 aromatic carbocycles. The third-order valence-electron chi connectivity index (χ3n) is 4.60. The van der Waals surface area contributed by atoms with Gasteiger partial charge in [-0.05, 0) is 42.5 Å². The molecule has 0 saturated heterocycles. The highest BCUT2D eigenvalue weighted by Gasteiger charge is 2.32. The Balaban J connectivity index is 1.51. The predicted octanol–water partition coefficient (Wildman–Crippen LogP) is 5.13. The number of pyridine rings is 1. The summed E-state index contributed by atoms with van der Waals surface area (Å²) in [6.45, 7) is 0. The van der Waals surface area contributed by atoms with Crippen molar-refractivity contribution in [3.8, 4) is 28.8 Å². The summed E-state index contributed by atoms with van der Waals surface area (Å²) in [5, 5.41) is 12.3. The molecule has 170 valence electrons. The minimum atomic E-state index is -4.56. The van der Waals surface area contributed by atoms with E-state index < -0.39 is 11.9 Å². The number of nitrogens with two attached hydrogens (primary N) is 2. The van der Waals surface area contributed by atoms with Gasteiger partial charge in [0.05, 0.1) is 11.3 Å². The van der Waals surface area contributed by atoms with E-state index in [2.05, 4.69) is 20.3 Å².